The molecule has 44 heavy (non-hydrogen) atoms. The van der Waals surface area contributed by atoms with Gasteiger partial charge in [-0.15, -0.1) is 6.58 Å². The first kappa shape index (κ1) is 29.2. The largest absolute Gasteiger partial charge is 0.459 e. The fourth-order valence-corrected chi connectivity index (χ4v) is 5.19. The summed E-state index contributed by atoms with van der Waals surface area (Å²) in [5.41, 5.74) is 3.76. The lowest BCUT2D eigenvalue weighted by molar-refractivity contribution is -0.0563. The van der Waals surface area contributed by atoms with Crippen molar-refractivity contribution in [1.29, 1.82) is 0 Å². The van der Waals surface area contributed by atoms with Crippen LogP contribution in [0.3, 0.4) is 0 Å². The number of halogens is 1. The molecule has 1 saturated heterocycles. The molecule has 0 N–H and O–H groups in total. The summed E-state index contributed by atoms with van der Waals surface area (Å²) in [6.45, 7) is 7.53. The molecule has 0 unspecified atom stereocenters. The molecule has 2 aromatic carbocycles. The number of aromatic nitrogens is 6. The number of fused-ring (bicyclic) bond motifs is 1. The van der Waals surface area contributed by atoms with Crippen LogP contribution in [0.1, 0.15) is 50.3 Å². The Morgan fingerprint density at radius 3 is 2.39 bits per heavy atom. The maximum atomic E-state index is 13.1. The van der Waals surface area contributed by atoms with E-state index in [1.165, 1.54) is 0 Å². The van der Waals surface area contributed by atoms with Crippen LogP contribution in [0, 0.1) is 13.8 Å². The second-order valence-electron chi connectivity index (χ2n) is 10.5. The summed E-state index contributed by atoms with van der Waals surface area (Å²) in [7, 11) is 0. The zero-order valence-corrected chi connectivity index (χ0v) is 24.8. The Bertz CT molecular complexity index is 1830. The van der Waals surface area contributed by atoms with Crippen molar-refractivity contribution in [3.63, 3.8) is 0 Å². The fraction of sp³-hybridized carbons (Fsp3) is 0.250. The van der Waals surface area contributed by atoms with Crippen LogP contribution < -0.4 is 0 Å². The van der Waals surface area contributed by atoms with Gasteiger partial charge in [0.05, 0.1) is 17.5 Å². The van der Waals surface area contributed by atoms with Crippen LogP contribution in [0.5, 0.6) is 0 Å². The molecular formula is C32H29ClN6O5. The molecule has 3 atom stereocenters. The number of benzene rings is 2. The van der Waals surface area contributed by atoms with E-state index in [2.05, 4.69) is 26.5 Å². The van der Waals surface area contributed by atoms with Crippen molar-refractivity contribution in [1.82, 2.24) is 29.1 Å². The molecule has 5 aromatic rings. The smallest absolute Gasteiger partial charge is 0.338 e. The number of rotatable bonds is 9. The Kier molecular flexibility index (Phi) is 8.23. The van der Waals surface area contributed by atoms with Crippen LogP contribution in [0.2, 0.25) is 5.28 Å². The molecule has 0 aliphatic carbocycles. The summed E-state index contributed by atoms with van der Waals surface area (Å²) in [4.78, 5) is 43.7. The van der Waals surface area contributed by atoms with Crippen LogP contribution in [-0.4, -0.2) is 59.8 Å². The number of aryl methyl sites for hydroxylation is 2. The SMILES string of the molecule is C=CCc1nccn1-c1nc(Cl)nc2c1ncn2[C@H]1C[C@H](OC(=O)c2ccc(C)cc2)[C@@H](COC(=O)c2ccc(C)cc2)O1. The number of imidazole rings is 2. The molecule has 1 aliphatic rings. The van der Waals surface area contributed by atoms with Gasteiger partial charge in [-0.2, -0.15) is 9.97 Å². The van der Waals surface area contributed by atoms with Gasteiger partial charge in [-0.3, -0.25) is 9.13 Å². The van der Waals surface area contributed by atoms with Gasteiger partial charge in [-0.05, 0) is 49.7 Å². The summed E-state index contributed by atoms with van der Waals surface area (Å²) in [5, 5.41) is 0.0106. The van der Waals surface area contributed by atoms with E-state index in [0.717, 1.165) is 11.1 Å². The molecule has 0 saturated carbocycles. The zero-order chi connectivity index (χ0) is 30.8. The Balaban J connectivity index is 1.28. The molecule has 0 amide bonds. The lowest BCUT2D eigenvalue weighted by Crippen LogP contribution is -2.32. The first-order valence-electron chi connectivity index (χ1n) is 14.0. The summed E-state index contributed by atoms with van der Waals surface area (Å²) in [6, 6.07) is 14.2. The van der Waals surface area contributed by atoms with Gasteiger partial charge in [0.25, 0.3) is 0 Å². The number of esters is 2. The van der Waals surface area contributed by atoms with Crippen molar-refractivity contribution >= 4 is 34.7 Å². The molecule has 12 heteroatoms. The Hall–Kier alpha value is -4.87. The van der Waals surface area contributed by atoms with E-state index in [0.29, 0.717) is 40.4 Å². The predicted molar refractivity (Wildman–Crippen MR) is 162 cm³/mol. The van der Waals surface area contributed by atoms with E-state index in [1.54, 1.807) is 58.2 Å². The molecule has 11 nitrogen and oxygen atoms in total. The van der Waals surface area contributed by atoms with E-state index in [-0.39, 0.29) is 18.3 Å². The van der Waals surface area contributed by atoms with Crippen molar-refractivity contribution in [3.05, 3.63) is 113 Å². The molecule has 3 aromatic heterocycles. The van der Waals surface area contributed by atoms with Crippen LogP contribution in [-0.2, 0) is 20.6 Å². The molecule has 6 rings (SSSR count). The molecule has 1 fully saturated rings. The van der Waals surface area contributed by atoms with Crippen molar-refractivity contribution in [3.8, 4) is 5.82 Å². The van der Waals surface area contributed by atoms with Crippen LogP contribution in [0.15, 0.2) is 79.9 Å². The summed E-state index contributed by atoms with van der Waals surface area (Å²) in [6.07, 6.45) is 5.36. The van der Waals surface area contributed by atoms with Crippen LogP contribution >= 0.6 is 11.6 Å². The van der Waals surface area contributed by atoms with Gasteiger partial charge < -0.3 is 14.2 Å². The highest BCUT2D eigenvalue weighted by Gasteiger charge is 2.41. The molecule has 0 bridgehead atoms. The number of carbonyl (C=O) groups excluding carboxylic acids is 2. The minimum atomic E-state index is -0.758. The normalized spacial score (nSPS) is 17.9. The number of hydrogen-bond acceptors (Lipinski definition) is 9. The van der Waals surface area contributed by atoms with Gasteiger partial charge in [-0.1, -0.05) is 41.5 Å². The highest BCUT2D eigenvalue weighted by molar-refractivity contribution is 6.28. The quantitative estimate of drug-likeness (QED) is 0.123. The van der Waals surface area contributed by atoms with Gasteiger partial charge in [0, 0.05) is 25.2 Å². The average molecular weight is 613 g/mol. The lowest BCUT2D eigenvalue weighted by Gasteiger charge is -2.19. The number of hydrogen-bond donors (Lipinski definition) is 0. The summed E-state index contributed by atoms with van der Waals surface area (Å²) < 4.78 is 21.4. The second-order valence-corrected chi connectivity index (χ2v) is 10.8. The average Bonchev–Trinajstić information content (AvgIpc) is 3.75. The van der Waals surface area contributed by atoms with E-state index >= 15 is 0 Å². The van der Waals surface area contributed by atoms with Crippen molar-refractivity contribution in [2.45, 2.75) is 45.1 Å². The third kappa shape index (κ3) is 5.97. The first-order valence-corrected chi connectivity index (χ1v) is 14.4. The number of allylic oxidation sites excluding steroid dienone is 1. The maximum Gasteiger partial charge on any atom is 0.338 e. The van der Waals surface area contributed by atoms with Gasteiger partial charge in [0.15, 0.2) is 17.0 Å². The molecule has 224 valence electrons. The topological polar surface area (TPSA) is 123 Å². The second kappa shape index (κ2) is 12.4. The van der Waals surface area contributed by atoms with E-state index < -0.39 is 30.4 Å². The number of carbonyl (C=O) groups is 2. The summed E-state index contributed by atoms with van der Waals surface area (Å²) in [5.74, 6) is 0.152. The highest BCUT2D eigenvalue weighted by Crippen LogP contribution is 2.34. The van der Waals surface area contributed by atoms with Crippen LogP contribution in [0.4, 0.5) is 0 Å². The predicted octanol–water partition coefficient (Wildman–Crippen LogP) is 5.38. The Labute approximate surface area is 258 Å². The molecule has 0 radical (unpaired) electrons. The molecule has 0 spiro atoms. The monoisotopic (exact) mass is 612 g/mol. The van der Waals surface area contributed by atoms with Crippen molar-refractivity contribution < 1.29 is 23.8 Å². The fourth-order valence-electron chi connectivity index (χ4n) is 5.03. The minimum Gasteiger partial charge on any atom is -0.459 e. The van der Waals surface area contributed by atoms with E-state index in [4.69, 9.17) is 25.8 Å². The summed E-state index contributed by atoms with van der Waals surface area (Å²) >= 11 is 6.38. The van der Waals surface area contributed by atoms with E-state index in [1.807, 2.05) is 38.1 Å². The van der Waals surface area contributed by atoms with Gasteiger partial charge >= 0.3 is 11.9 Å². The van der Waals surface area contributed by atoms with Crippen molar-refractivity contribution in [2.24, 2.45) is 0 Å². The lowest BCUT2D eigenvalue weighted by atomic mass is 10.1. The van der Waals surface area contributed by atoms with Gasteiger partial charge in [0.1, 0.15) is 30.9 Å². The Morgan fingerprint density at radius 1 is 1.02 bits per heavy atom. The standard InChI is InChI=1S/C32H29ClN6O5/c1-4-5-25-34-14-15-38(25)28-27-29(37-32(33)36-28)39(18-35-27)26-16-23(44-31(41)22-12-8-20(3)9-13-22)24(43-26)17-42-30(40)21-10-6-19(2)7-11-21/h4,6-15,18,23-24,26H,1,5,16-17H2,2-3H3/t23-,24+,26+/m0/s1. The molecular weight excluding hydrogens is 584 g/mol. The Morgan fingerprint density at radius 2 is 1.70 bits per heavy atom. The van der Waals surface area contributed by atoms with Gasteiger partial charge in [-0.25, -0.2) is 19.6 Å². The van der Waals surface area contributed by atoms with Gasteiger partial charge in [0.2, 0.25) is 5.28 Å². The van der Waals surface area contributed by atoms with E-state index in [9.17, 15) is 9.59 Å². The maximum absolute atomic E-state index is 13.1. The minimum absolute atomic E-state index is 0.0106. The molecule has 1 aliphatic heterocycles. The number of ether oxygens (including phenoxy) is 3. The third-order valence-electron chi connectivity index (χ3n) is 7.35. The van der Waals surface area contributed by atoms with Crippen LogP contribution in [0.25, 0.3) is 17.0 Å². The highest BCUT2D eigenvalue weighted by atomic mass is 35.5. The van der Waals surface area contributed by atoms with Crippen molar-refractivity contribution in [2.75, 3.05) is 6.61 Å². The third-order valence-corrected chi connectivity index (χ3v) is 7.52. The zero-order valence-electron chi connectivity index (χ0n) is 24.1. The number of nitrogens with zero attached hydrogens (tertiary/aromatic N) is 6. The molecule has 4 heterocycles. The first-order chi connectivity index (χ1) is 21.3.